The molecule has 1 fully saturated rings. The van der Waals surface area contributed by atoms with E-state index in [9.17, 15) is 9.50 Å². The summed E-state index contributed by atoms with van der Waals surface area (Å²) in [6.45, 7) is 0.921. The van der Waals surface area contributed by atoms with Crippen molar-refractivity contribution < 1.29 is 19.0 Å². The number of aliphatic hydroxyl groups excluding tert-OH is 2. The number of aliphatic hydroxyl groups is 2. The van der Waals surface area contributed by atoms with E-state index in [0.717, 1.165) is 11.3 Å². The summed E-state index contributed by atoms with van der Waals surface area (Å²) in [4.78, 5) is 2.07. The van der Waals surface area contributed by atoms with Gasteiger partial charge in [-0.2, -0.15) is 0 Å². The van der Waals surface area contributed by atoms with E-state index in [0.29, 0.717) is 25.3 Å². The van der Waals surface area contributed by atoms with Crippen LogP contribution >= 0.6 is 0 Å². The maximum Gasteiger partial charge on any atom is 0.129 e. The van der Waals surface area contributed by atoms with Crippen molar-refractivity contribution in [2.24, 2.45) is 0 Å². The Labute approximate surface area is 122 Å². The Hall–Kier alpha value is -1.69. The second-order valence-corrected chi connectivity index (χ2v) is 5.42. The zero-order valence-electron chi connectivity index (χ0n) is 11.6. The summed E-state index contributed by atoms with van der Waals surface area (Å²) in [5, 5.41) is 18.9. The molecule has 21 heavy (non-hydrogen) atoms. The largest absolute Gasteiger partial charge is 0.462 e. The van der Waals surface area contributed by atoms with E-state index >= 15 is 0 Å². The first kappa shape index (κ1) is 14.3. The number of benzene rings is 1. The fourth-order valence-corrected chi connectivity index (χ4v) is 2.91. The molecule has 2 heterocycles. The van der Waals surface area contributed by atoms with E-state index in [1.54, 1.807) is 12.1 Å². The maximum absolute atomic E-state index is 13.4. The Bertz CT molecular complexity index is 613. The standard InChI is InChI=1S/C16H18FNO3/c17-12-3-1-2-11(6-12)16-7-13(20)8-18(16)9-14-4-5-15(10-19)21-14/h1-6,13,16,19-20H,7-10H2. The van der Waals surface area contributed by atoms with Crippen LogP contribution in [0.3, 0.4) is 0 Å². The van der Waals surface area contributed by atoms with Gasteiger partial charge in [0.2, 0.25) is 0 Å². The van der Waals surface area contributed by atoms with E-state index in [1.807, 2.05) is 12.1 Å². The molecule has 0 aliphatic carbocycles. The number of hydrogen-bond donors (Lipinski definition) is 2. The predicted octanol–water partition coefficient (Wildman–Crippen LogP) is 2.22. The van der Waals surface area contributed by atoms with Crippen molar-refractivity contribution in [3.63, 3.8) is 0 Å². The third-order valence-electron chi connectivity index (χ3n) is 3.85. The summed E-state index contributed by atoms with van der Waals surface area (Å²) in [7, 11) is 0. The highest BCUT2D eigenvalue weighted by Gasteiger charge is 2.32. The molecule has 112 valence electrons. The van der Waals surface area contributed by atoms with E-state index in [1.165, 1.54) is 12.1 Å². The van der Waals surface area contributed by atoms with Gasteiger partial charge in [-0.05, 0) is 36.2 Å². The zero-order chi connectivity index (χ0) is 14.8. The monoisotopic (exact) mass is 291 g/mol. The quantitative estimate of drug-likeness (QED) is 0.907. The van der Waals surface area contributed by atoms with Gasteiger partial charge < -0.3 is 14.6 Å². The van der Waals surface area contributed by atoms with Crippen molar-refractivity contribution in [1.82, 2.24) is 4.90 Å². The summed E-state index contributed by atoms with van der Waals surface area (Å²) in [5.74, 6) is 0.982. The summed E-state index contributed by atoms with van der Waals surface area (Å²) in [6.07, 6.45) is 0.155. The van der Waals surface area contributed by atoms with Gasteiger partial charge in [-0.15, -0.1) is 0 Å². The van der Waals surface area contributed by atoms with Crippen LogP contribution in [0.15, 0.2) is 40.8 Å². The minimum atomic E-state index is -0.425. The van der Waals surface area contributed by atoms with Crippen LogP contribution in [0.4, 0.5) is 4.39 Å². The SMILES string of the molecule is OCc1ccc(CN2CC(O)CC2c2cccc(F)c2)o1. The molecule has 3 rings (SSSR count). The van der Waals surface area contributed by atoms with Crippen molar-refractivity contribution in [1.29, 1.82) is 0 Å². The molecule has 2 aromatic rings. The average molecular weight is 291 g/mol. The second-order valence-electron chi connectivity index (χ2n) is 5.42. The van der Waals surface area contributed by atoms with Gasteiger partial charge in [0.1, 0.15) is 23.9 Å². The molecule has 1 aromatic carbocycles. The molecule has 0 bridgehead atoms. The lowest BCUT2D eigenvalue weighted by Gasteiger charge is -2.23. The molecule has 0 saturated carbocycles. The van der Waals surface area contributed by atoms with E-state index < -0.39 is 6.10 Å². The first-order valence-electron chi connectivity index (χ1n) is 7.01. The smallest absolute Gasteiger partial charge is 0.129 e. The third-order valence-corrected chi connectivity index (χ3v) is 3.85. The lowest BCUT2D eigenvalue weighted by Crippen LogP contribution is -2.24. The molecule has 2 unspecified atom stereocenters. The van der Waals surface area contributed by atoms with Crippen LogP contribution in [0.5, 0.6) is 0 Å². The third kappa shape index (κ3) is 3.15. The lowest BCUT2D eigenvalue weighted by molar-refractivity contribution is 0.166. The Morgan fingerprint density at radius 1 is 1.24 bits per heavy atom. The number of halogens is 1. The van der Waals surface area contributed by atoms with E-state index in [2.05, 4.69) is 4.90 Å². The molecule has 0 amide bonds. The van der Waals surface area contributed by atoms with Crippen molar-refractivity contribution in [2.75, 3.05) is 6.54 Å². The molecule has 4 nitrogen and oxygen atoms in total. The second kappa shape index (κ2) is 5.97. The molecule has 1 aliphatic heterocycles. The van der Waals surface area contributed by atoms with Crippen molar-refractivity contribution in [3.05, 3.63) is 59.3 Å². The molecule has 1 aliphatic rings. The van der Waals surface area contributed by atoms with E-state index in [4.69, 9.17) is 9.52 Å². The van der Waals surface area contributed by atoms with E-state index in [-0.39, 0.29) is 18.5 Å². The topological polar surface area (TPSA) is 56.8 Å². The first-order valence-corrected chi connectivity index (χ1v) is 7.01. The van der Waals surface area contributed by atoms with Gasteiger partial charge in [-0.1, -0.05) is 12.1 Å². The van der Waals surface area contributed by atoms with Crippen LogP contribution in [-0.4, -0.2) is 27.8 Å². The Morgan fingerprint density at radius 2 is 2.05 bits per heavy atom. The van der Waals surface area contributed by atoms with Crippen LogP contribution in [0.1, 0.15) is 29.5 Å². The highest BCUT2D eigenvalue weighted by Crippen LogP contribution is 2.33. The minimum absolute atomic E-state index is 0.0293. The molecule has 0 spiro atoms. The van der Waals surface area contributed by atoms with Crippen LogP contribution < -0.4 is 0 Å². The maximum atomic E-state index is 13.4. The van der Waals surface area contributed by atoms with Crippen molar-refractivity contribution in [3.8, 4) is 0 Å². The summed E-state index contributed by atoms with van der Waals surface area (Å²) >= 11 is 0. The first-order chi connectivity index (χ1) is 10.2. The molecule has 1 saturated heterocycles. The van der Waals surface area contributed by atoms with Crippen molar-refractivity contribution in [2.45, 2.75) is 31.7 Å². The number of rotatable bonds is 4. The normalized spacial score (nSPS) is 22.8. The highest BCUT2D eigenvalue weighted by molar-refractivity contribution is 5.22. The number of likely N-dealkylation sites (tertiary alicyclic amines) is 1. The molecule has 0 radical (unpaired) electrons. The number of nitrogens with zero attached hydrogens (tertiary/aromatic N) is 1. The summed E-state index contributed by atoms with van der Waals surface area (Å²) in [6, 6.07) is 10.0. The molecule has 2 atom stereocenters. The van der Waals surface area contributed by atoms with Gasteiger partial charge in [0.05, 0.1) is 12.6 Å². The van der Waals surface area contributed by atoms with Gasteiger partial charge in [0.15, 0.2) is 0 Å². The van der Waals surface area contributed by atoms with Crippen LogP contribution in [0, 0.1) is 5.82 Å². The van der Waals surface area contributed by atoms with Gasteiger partial charge >= 0.3 is 0 Å². The van der Waals surface area contributed by atoms with Crippen LogP contribution in [-0.2, 0) is 13.2 Å². The van der Waals surface area contributed by atoms with Crippen LogP contribution in [0.25, 0.3) is 0 Å². The average Bonchev–Trinajstić information content (AvgIpc) is 3.06. The van der Waals surface area contributed by atoms with Crippen LogP contribution in [0.2, 0.25) is 0 Å². The number of hydrogen-bond acceptors (Lipinski definition) is 4. The predicted molar refractivity (Wildman–Crippen MR) is 74.8 cm³/mol. The fraction of sp³-hybridized carbons (Fsp3) is 0.375. The summed E-state index contributed by atoms with van der Waals surface area (Å²) < 4.78 is 18.9. The molecule has 2 N–H and O–H groups in total. The molecule has 5 heteroatoms. The Kier molecular flexibility index (Phi) is 4.05. The number of β-amino-alcohol motifs (C(OH)–C–C–N with tert-alkyl or cyclic N) is 1. The molecule has 1 aromatic heterocycles. The van der Waals surface area contributed by atoms with Gasteiger partial charge in [-0.25, -0.2) is 4.39 Å². The van der Waals surface area contributed by atoms with Gasteiger partial charge in [0, 0.05) is 12.6 Å². The summed E-state index contributed by atoms with van der Waals surface area (Å²) in [5.41, 5.74) is 0.862. The van der Waals surface area contributed by atoms with Gasteiger partial charge in [0.25, 0.3) is 0 Å². The lowest BCUT2D eigenvalue weighted by atomic mass is 10.0. The Morgan fingerprint density at radius 3 is 2.76 bits per heavy atom. The highest BCUT2D eigenvalue weighted by atomic mass is 19.1. The molecular weight excluding hydrogens is 273 g/mol. The Balaban J connectivity index is 1.79. The molecular formula is C16H18FNO3. The van der Waals surface area contributed by atoms with Gasteiger partial charge in [-0.3, -0.25) is 4.90 Å². The number of furan rings is 1. The minimum Gasteiger partial charge on any atom is -0.462 e. The fourth-order valence-electron chi connectivity index (χ4n) is 2.91. The zero-order valence-corrected chi connectivity index (χ0v) is 11.6. The van der Waals surface area contributed by atoms with Crippen molar-refractivity contribution >= 4 is 0 Å².